The Hall–Kier alpha value is -1.49. The maximum atomic E-state index is 11.8. The Morgan fingerprint density at radius 2 is 2.50 bits per heavy atom. The fourth-order valence-electron chi connectivity index (χ4n) is 1.93. The molecule has 2 rings (SSSR count). The predicted octanol–water partition coefficient (Wildman–Crippen LogP) is 0.894. The molecule has 0 bridgehead atoms. The van der Waals surface area contributed by atoms with Crippen molar-refractivity contribution >= 4 is 11.6 Å². The minimum absolute atomic E-state index is 0.101. The van der Waals surface area contributed by atoms with Gasteiger partial charge in [0.25, 0.3) is 5.91 Å². The number of carbonyl (C=O) groups excluding carboxylic acids is 1. The van der Waals surface area contributed by atoms with Gasteiger partial charge in [-0.1, -0.05) is 0 Å². The second-order valence-corrected chi connectivity index (χ2v) is 4.22. The molecule has 1 fully saturated rings. The number of H-pyrrole nitrogens is 1. The van der Waals surface area contributed by atoms with Crippen LogP contribution in [0.4, 0.5) is 5.69 Å². The molecule has 1 saturated heterocycles. The van der Waals surface area contributed by atoms with E-state index in [-0.39, 0.29) is 18.1 Å². The third-order valence-electron chi connectivity index (χ3n) is 2.77. The van der Waals surface area contributed by atoms with Crippen LogP contribution in [0.15, 0.2) is 12.3 Å². The van der Waals surface area contributed by atoms with Crippen molar-refractivity contribution in [1.29, 1.82) is 0 Å². The molecule has 1 amide bonds. The molecule has 5 heteroatoms. The van der Waals surface area contributed by atoms with Gasteiger partial charge in [-0.05, 0) is 25.8 Å². The molecular formula is C11H17N3O2. The summed E-state index contributed by atoms with van der Waals surface area (Å²) in [5.41, 5.74) is 6.63. The molecule has 16 heavy (non-hydrogen) atoms. The standard InChI is InChI=1S/C11H17N3O2/c1-7-4-9(2-3-16-7)14-11(15)10-5-8(12)6-13-10/h5-7,9,13H,2-4,12H2,1H3,(H,14,15). The molecule has 0 aliphatic carbocycles. The Balaban J connectivity index is 1.92. The highest BCUT2D eigenvalue weighted by molar-refractivity contribution is 5.93. The van der Waals surface area contributed by atoms with E-state index in [0.717, 1.165) is 12.8 Å². The highest BCUT2D eigenvalue weighted by atomic mass is 16.5. The summed E-state index contributed by atoms with van der Waals surface area (Å²) in [7, 11) is 0. The van der Waals surface area contributed by atoms with Gasteiger partial charge in [0.05, 0.1) is 6.10 Å². The van der Waals surface area contributed by atoms with Crippen LogP contribution >= 0.6 is 0 Å². The Kier molecular flexibility index (Phi) is 3.14. The lowest BCUT2D eigenvalue weighted by molar-refractivity contribution is 0.0136. The van der Waals surface area contributed by atoms with Crippen LogP contribution in [0.2, 0.25) is 0 Å². The van der Waals surface area contributed by atoms with Gasteiger partial charge < -0.3 is 20.8 Å². The number of nitrogens with two attached hydrogens (primary N) is 1. The second kappa shape index (κ2) is 4.57. The van der Waals surface area contributed by atoms with Gasteiger partial charge in [-0.2, -0.15) is 0 Å². The molecule has 88 valence electrons. The summed E-state index contributed by atoms with van der Waals surface area (Å²) < 4.78 is 5.42. The number of rotatable bonds is 2. The van der Waals surface area contributed by atoms with Gasteiger partial charge in [0.1, 0.15) is 5.69 Å². The van der Waals surface area contributed by atoms with Crippen molar-refractivity contribution in [2.75, 3.05) is 12.3 Å². The molecule has 2 unspecified atom stereocenters. The topological polar surface area (TPSA) is 80.1 Å². The third kappa shape index (κ3) is 2.55. The summed E-state index contributed by atoms with van der Waals surface area (Å²) in [6.45, 7) is 2.73. The number of nitrogen functional groups attached to an aromatic ring is 1. The lowest BCUT2D eigenvalue weighted by Gasteiger charge is -2.27. The van der Waals surface area contributed by atoms with Crippen LogP contribution in [-0.2, 0) is 4.74 Å². The van der Waals surface area contributed by atoms with Gasteiger partial charge >= 0.3 is 0 Å². The Labute approximate surface area is 94.4 Å². The van der Waals surface area contributed by atoms with E-state index in [1.54, 1.807) is 12.3 Å². The van der Waals surface area contributed by atoms with E-state index < -0.39 is 0 Å². The summed E-state index contributed by atoms with van der Waals surface area (Å²) in [5.74, 6) is -0.101. The quantitative estimate of drug-likeness (QED) is 0.696. The monoisotopic (exact) mass is 223 g/mol. The fraction of sp³-hybridized carbons (Fsp3) is 0.545. The van der Waals surface area contributed by atoms with Crippen molar-refractivity contribution in [2.24, 2.45) is 0 Å². The first-order valence-electron chi connectivity index (χ1n) is 5.51. The van der Waals surface area contributed by atoms with Crippen LogP contribution in [0.25, 0.3) is 0 Å². The van der Waals surface area contributed by atoms with Crippen molar-refractivity contribution < 1.29 is 9.53 Å². The predicted molar refractivity (Wildman–Crippen MR) is 61.1 cm³/mol. The van der Waals surface area contributed by atoms with Gasteiger partial charge in [0, 0.05) is 24.5 Å². The largest absolute Gasteiger partial charge is 0.397 e. The smallest absolute Gasteiger partial charge is 0.267 e. The van der Waals surface area contributed by atoms with E-state index >= 15 is 0 Å². The van der Waals surface area contributed by atoms with Gasteiger partial charge in [-0.15, -0.1) is 0 Å². The molecule has 1 aliphatic rings. The molecule has 0 spiro atoms. The molecule has 1 aromatic rings. The summed E-state index contributed by atoms with van der Waals surface area (Å²) in [4.78, 5) is 14.6. The zero-order valence-electron chi connectivity index (χ0n) is 9.32. The number of aromatic amines is 1. The van der Waals surface area contributed by atoms with Crippen LogP contribution in [0.1, 0.15) is 30.3 Å². The first-order valence-corrected chi connectivity index (χ1v) is 5.51. The number of ether oxygens (including phenoxy) is 1. The summed E-state index contributed by atoms with van der Waals surface area (Å²) >= 11 is 0. The van der Waals surface area contributed by atoms with Crippen molar-refractivity contribution in [3.63, 3.8) is 0 Å². The van der Waals surface area contributed by atoms with Crippen LogP contribution in [-0.4, -0.2) is 29.6 Å². The van der Waals surface area contributed by atoms with E-state index in [1.165, 1.54) is 0 Å². The average molecular weight is 223 g/mol. The maximum Gasteiger partial charge on any atom is 0.267 e. The number of amides is 1. The molecule has 5 nitrogen and oxygen atoms in total. The van der Waals surface area contributed by atoms with E-state index in [0.29, 0.717) is 18.0 Å². The fourth-order valence-corrected chi connectivity index (χ4v) is 1.93. The van der Waals surface area contributed by atoms with Crippen molar-refractivity contribution in [1.82, 2.24) is 10.3 Å². The van der Waals surface area contributed by atoms with Crippen molar-refractivity contribution in [2.45, 2.75) is 31.9 Å². The summed E-state index contributed by atoms with van der Waals surface area (Å²) in [6.07, 6.45) is 3.56. The molecule has 0 saturated carbocycles. The highest BCUT2D eigenvalue weighted by Crippen LogP contribution is 2.14. The Morgan fingerprint density at radius 3 is 3.12 bits per heavy atom. The average Bonchev–Trinajstić information content (AvgIpc) is 2.65. The number of aromatic nitrogens is 1. The molecular weight excluding hydrogens is 206 g/mol. The number of anilines is 1. The van der Waals surface area contributed by atoms with Crippen LogP contribution in [0, 0.1) is 0 Å². The zero-order chi connectivity index (χ0) is 11.5. The number of hydrogen-bond donors (Lipinski definition) is 3. The number of nitrogens with one attached hydrogen (secondary N) is 2. The molecule has 2 atom stereocenters. The summed E-state index contributed by atoms with van der Waals surface area (Å²) in [6, 6.07) is 1.83. The molecule has 2 heterocycles. The first-order chi connectivity index (χ1) is 7.65. The van der Waals surface area contributed by atoms with Gasteiger partial charge in [0.2, 0.25) is 0 Å². The summed E-state index contributed by atoms with van der Waals surface area (Å²) in [5, 5.41) is 2.97. The van der Waals surface area contributed by atoms with E-state index in [1.807, 2.05) is 6.92 Å². The first kappa shape index (κ1) is 11.0. The van der Waals surface area contributed by atoms with Crippen LogP contribution < -0.4 is 11.1 Å². The lowest BCUT2D eigenvalue weighted by atomic mass is 10.0. The van der Waals surface area contributed by atoms with Crippen LogP contribution in [0.3, 0.4) is 0 Å². The van der Waals surface area contributed by atoms with E-state index in [4.69, 9.17) is 10.5 Å². The zero-order valence-corrected chi connectivity index (χ0v) is 9.32. The maximum absolute atomic E-state index is 11.8. The minimum atomic E-state index is -0.101. The molecule has 4 N–H and O–H groups in total. The molecule has 1 aliphatic heterocycles. The number of hydrogen-bond acceptors (Lipinski definition) is 3. The molecule has 0 aromatic carbocycles. The SMILES string of the molecule is CC1CC(NC(=O)c2cc(N)c[nH]2)CCO1. The van der Waals surface area contributed by atoms with Crippen LogP contribution in [0.5, 0.6) is 0 Å². The minimum Gasteiger partial charge on any atom is -0.397 e. The Bertz CT molecular complexity index is 375. The second-order valence-electron chi connectivity index (χ2n) is 4.22. The Morgan fingerprint density at radius 1 is 1.69 bits per heavy atom. The van der Waals surface area contributed by atoms with E-state index in [9.17, 15) is 4.79 Å². The van der Waals surface area contributed by atoms with E-state index in [2.05, 4.69) is 10.3 Å². The highest BCUT2D eigenvalue weighted by Gasteiger charge is 2.21. The molecule has 1 aromatic heterocycles. The van der Waals surface area contributed by atoms with Crippen molar-refractivity contribution in [3.05, 3.63) is 18.0 Å². The van der Waals surface area contributed by atoms with Gasteiger partial charge in [-0.3, -0.25) is 4.79 Å². The van der Waals surface area contributed by atoms with Crippen molar-refractivity contribution in [3.8, 4) is 0 Å². The normalized spacial score (nSPS) is 25.3. The third-order valence-corrected chi connectivity index (χ3v) is 2.77. The lowest BCUT2D eigenvalue weighted by Crippen LogP contribution is -2.41. The van der Waals surface area contributed by atoms with Gasteiger partial charge in [0.15, 0.2) is 0 Å². The number of carbonyl (C=O) groups is 1. The molecule has 0 radical (unpaired) electrons. The van der Waals surface area contributed by atoms with Gasteiger partial charge in [-0.25, -0.2) is 0 Å².